The molecule has 0 N–H and O–H groups in total. The number of hydrogen-bond donors (Lipinski definition) is 0. The summed E-state index contributed by atoms with van der Waals surface area (Å²) in [6.45, 7) is 3.60. The SMILES string of the molecule is CCOC(=O)c1ccc(N2CCCC2CN=[N+]=[N-])cc1. The first-order valence-corrected chi connectivity index (χ1v) is 6.81. The maximum Gasteiger partial charge on any atom is 0.338 e. The Morgan fingerprint density at radius 2 is 2.25 bits per heavy atom. The van der Waals surface area contributed by atoms with Crippen LogP contribution in [-0.2, 0) is 4.74 Å². The van der Waals surface area contributed by atoms with Crippen LogP contribution in [0.4, 0.5) is 5.69 Å². The Bertz CT molecular complexity index is 508. The lowest BCUT2D eigenvalue weighted by Gasteiger charge is -2.25. The number of benzene rings is 1. The van der Waals surface area contributed by atoms with Crippen molar-refractivity contribution in [3.8, 4) is 0 Å². The molecule has 1 heterocycles. The molecule has 1 aliphatic heterocycles. The standard InChI is InChI=1S/C14H18N4O2/c1-2-20-14(19)11-5-7-12(8-6-11)18-9-3-4-13(18)10-16-17-15/h5-8,13H,2-4,9-10H2,1H3. The van der Waals surface area contributed by atoms with Gasteiger partial charge in [-0.1, -0.05) is 5.11 Å². The quantitative estimate of drug-likeness (QED) is 0.358. The summed E-state index contributed by atoms with van der Waals surface area (Å²) in [5.74, 6) is -0.300. The van der Waals surface area contributed by atoms with Gasteiger partial charge in [-0.2, -0.15) is 0 Å². The van der Waals surface area contributed by atoms with Crippen LogP contribution in [0.15, 0.2) is 29.4 Å². The summed E-state index contributed by atoms with van der Waals surface area (Å²) in [7, 11) is 0. The van der Waals surface area contributed by atoms with Gasteiger partial charge in [-0.15, -0.1) is 0 Å². The number of nitrogens with zero attached hydrogens (tertiary/aromatic N) is 4. The van der Waals surface area contributed by atoms with Gasteiger partial charge in [0.1, 0.15) is 0 Å². The van der Waals surface area contributed by atoms with Gasteiger partial charge in [0.05, 0.1) is 12.2 Å². The van der Waals surface area contributed by atoms with Gasteiger partial charge in [-0.05, 0) is 49.6 Å². The van der Waals surface area contributed by atoms with Gasteiger partial charge in [0.15, 0.2) is 0 Å². The van der Waals surface area contributed by atoms with Crippen LogP contribution in [0.1, 0.15) is 30.1 Å². The molecule has 2 rings (SSSR count). The third-order valence-electron chi connectivity index (χ3n) is 3.44. The Balaban J connectivity index is 2.08. The van der Waals surface area contributed by atoms with E-state index in [9.17, 15) is 4.79 Å². The van der Waals surface area contributed by atoms with Crippen molar-refractivity contribution in [3.63, 3.8) is 0 Å². The highest BCUT2D eigenvalue weighted by atomic mass is 16.5. The first-order valence-electron chi connectivity index (χ1n) is 6.81. The van der Waals surface area contributed by atoms with E-state index in [0.29, 0.717) is 18.7 Å². The van der Waals surface area contributed by atoms with Crippen LogP contribution in [-0.4, -0.2) is 31.7 Å². The Morgan fingerprint density at radius 1 is 1.50 bits per heavy atom. The van der Waals surface area contributed by atoms with Gasteiger partial charge in [-0.25, -0.2) is 4.79 Å². The summed E-state index contributed by atoms with van der Waals surface area (Å²) >= 11 is 0. The molecule has 0 spiro atoms. The van der Waals surface area contributed by atoms with E-state index in [0.717, 1.165) is 25.1 Å². The van der Waals surface area contributed by atoms with Crippen LogP contribution in [0.3, 0.4) is 0 Å². The Hall–Kier alpha value is -2.20. The third-order valence-corrected chi connectivity index (χ3v) is 3.44. The predicted molar refractivity (Wildman–Crippen MR) is 76.8 cm³/mol. The molecule has 0 aromatic heterocycles. The minimum atomic E-state index is -0.300. The second-order valence-corrected chi connectivity index (χ2v) is 4.67. The van der Waals surface area contributed by atoms with E-state index in [1.807, 2.05) is 12.1 Å². The monoisotopic (exact) mass is 274 g/mol. The fourth-order valence-electron chi connectivity index (χ4n) is 2.50. The molecule has 1 fully saturated rings. The number of azide groups is 1. The van der Waals surface area contributed by atoms with Gasteiger partial charge >= 0.3 is 5.97 Å². The Kier molecular flexibility index (Phi) is 4.85. The molecule has 1 aromatic carbocycles. The van der Waals surface area contributed by atoms with Crippen molar-refractivity contribution in [2.24, 2.45) is 5.11 Å². The maximum absolute atomic E-state index is 11.6. The van der Waals surface area contributed by atoms with Crippen molar-refractivity contribution < 1.29 is 9.53 Å². The summed E-state index contributed by atoms with van der Waals surface area (Å²) in [6, 6.07) is 7.63. The number of carbonyl (C=O) groups excluding carboxylic acids is 1. The molecule has 1 atom stereocenters. The molecule has 1 unspecified atom stereocenters. The summed E-state index contributed by atoms with van der Waals surface area (Å²) in [5, 5.41) is 3.66. The Labute approximate surface area is 118 Å². The van der Waals surface area contributed by atoms with E-state index >= 15 is 0 Å². The first-order chi connectivity index (χ1) is 9.76. The number of ether oxygens (including phenoxy) is 1. The molecular weight excluding hydrogens is 256 g/mol. The van der Waals surface area contributed by atoms with E-state index in [1.54, 1.807) is 19.1 Å². The van der Waals surface area contributed by atoms with Crippen LogP contribution in [0.25, 0.3) is 10.4 Å². The highest BCUT2D eigenvalue weighted by Crippen LogP contribution is 2.26. The zero-order chi connectivity index (χ0) is 14.4. The molecule has 0 amide bonds. The molecule has 1 aromatic rings. The number of hydrogen-bond acceptors (Lipinski definition) is 4. The lowest BCUT2D eigenvalue weighted by molar-refractivity contribution is 0.0526. The molecule has 0 radical (unpaired) electrons. The van der Waals surface area contributed by atoms with Crippen LogP contribution in [0.5, 0.6) is 0 Å². The zero-order valence-corrected chi connectivity index (χ0v) is 11.5. The first kappa shape index (κ1) is 14.2. The van der Waals surface area contributed by atoms with Gasteiger partial charge < -0.3 is 9.64 Å². The Morgan fingerprint density at radius 3 is 2.90 bits per heavy atom. The number of rotatable bonds is 5. The van der Waals surface area contributed by atoms with Crippen LogP contribution in [0, 0.1) is 0 Å². The van der Waals surface area contributed by atoms with E-state index in [1.165, 1.54) is 0 Å². The minimum Gasteiger partial charge on any atom is -0.462 e. The molecular formula is C14H18N4O2. The molecule has 0 aliphatic carbocycles. The molecule has 20 heavy (non-hydrogen) atoms. The van der Waals surface area contributed by atoms with Gasteiger partial charge in [0.2, 0.25) is 0 Å². The lowest BCUT2D eigenvalue weighted by Crippen LogP contribution is -2.31. The van der Waals surface area contributed by atoms with Gasteiger partial charge in [0.25, 0.3) is 0 Å². The second kappa shape index (κ2) is 6.82. The molecule has 0 bridgehead atoms. The van der Waals surface area contributed by atoms with Crippen molar-refractivity contribution in [1.82, 2.24) is 0 Å². The summed E-state index contributed by atoms with van der Waals surface area (Å²) in [4.78, 5) is 16.6. The normalized spacial score (nSPS) is 17.6. The van der Waals surface area contributed by atoms with Crippen molar-refractivity contribution in [3.05, 3.63) is 40.3 Å². The van der Waals surface area contributed by atoms with Gasteiger partial charge in [-0.3, -0.25) is 0 Å². The molecule has 0 saturated carbocycles. The molecule has 106 valence electrons. The predicted octanol–water partition coefficient (Wildman–Crippen LogP) is 3.14. The molecule has 6 heteroatoms. The van der Waals surface area contributed by atoms with Gasteiger partial charge in [0, 0.05) is 29.7 Å². The molecule has 1 aliphatic rings. The average Bonchev–Trinajstić information content (AvgIpc) is 2.94. The smallest absolute Gasteiger partial charge is 0.338 e. The van der Waals surface area contributed by atoms with Crippen molar-refractivity contribution in [2.45, 2.75) is 25.8 Å². The lowest BCUT2D eigenvalue weighted by atomic mass is 10.1. The average molecular weight is 274 g/mol. The van der Waals surface area contributed by atoms with Crippen molar-refractivity contribution in [2.75, 3.05) is 24.6 Å². The zero-order valence-electron chi connectivity index (χ0n) is 11.5. The van der Waals surface area contributed by atoms with E-state index < -0.39 is 0 Å². The minimum absolute atomic E-state index is 0.249. The van der Waals surface area contributed by atoms with Crippen LogP contribution < -0.4 is 4.90 Å². The number of carbonyl (C=O) groups is 1. The summed E-state index contributed by atoms with van der Waals surface area (Å²) in [6.07, 6.45) is 2.11. The van der Waals surface area contributed by atoms with Crippen LogP contribution >= 0.6 is 0 Å². The van der Waals surface area contributed by atoms with Crippen molar-refractivity contribution in [1.29, 1.82) is 0 Å². The third kappa shape index (κ3) is 3.22. The second-order valence-electron chi connectivity index (χ2n) is 4.67. The topological polar surface area (TPSA) is 78.3 Å². The van der Waals surface area contributed by atoms with Crippen molar-refractivity contribution >= 4 is 11.7 Å². The largest absolute Gasteiger partial charge is 0.462 e. The maximum atomic E-state index is 11.6. The fraction of sp³-hybridized carbons (Fsp3) is 0.500. The fourth-order valence-corrected chi connectivity index (χ4v) is 2.50. The van der Waals surface area contributed by atoms with E-state index in [-0.39, 0.29) is 12.0 Å². The molecule has 1 saturated heterocycles. The van der Waals surface area contributed by atoms with E-state index in [2.05, 4.69) is 14.9 Å². The van der Waals surface area contributed by atoms with Crippen LogP contribution in [0.2, 0.25) is 0 Å². The number of esters is 1. The molecule has 6 nitrogen and oxygen atoms in total. The summed E-state index contributed by atoms with van der Waals surface area (Å²) < 4.78 is 4.96. The summed E-state index contributed by atoms with van der Waals surface area (Å²) in [5.41, 5.74) is 10.0. The highest BCUT2D eigenvalue weighted by Gasteiger charge is 2.24. The van der Waals surface area contributed by atoms with E-state index in [4.69, 9.17) is 10.3 Å². The highest BCUT2D eigenvalue weighted by molar-refractivity contribution is 5.89. The number of anilines is 1.